The van der Waals surface area contributed by atoms with Gasteiger partial charge in [0, 0.05) is 14.8 Å². The Kier molecular flexibility index (Phi) is 5.57. The molecule has 0 atom stereocenters. The maximum Gasteiger partial charge on any atom is 0.277 e. The second kappa shape index (κ2) is 7.42. The number of hydrazone groups is 1. The third-order valence-corrected chi connectivity index (χ3v) is 4.45. The van der Waals surface area contributed by atoms with Gasteiger partial charge in [-0.05, 0) is 56.2 Å². The average Bonchev–Trinajstić information content (AvgIpc) is 2.88. The molecule has 116 valence electrons. The fourth-order valence-corrected chi connectivity index (χ4v) is 2.72. The summed E-state index contributed by atoms with van der Waals surface area (Å²) in [6.45, 7) is 5.72. The Labute approximate surface area is 138 Å². The smallest absolute Gasteiger partial charge is 0.277 e. The van der Waals surface area contributed by atoms with Crippen LogP contribution in [0.3, 0.4) is 0 Å². The number of benzene rings is 1. The molecule has 2 aromatic rings. The fourth-order valence-electron chi connectivity index (χ4n) is 1.86. The minimum Gasteiger partial charge on any atom is -0.484 e. The monoisotopic (exact) mass is 336 g/mol. The summed E-state index contributed by atoms with van der Waals surface area (Å²) in [7, 11) is 0. The predicted octanol–water partition coefficient (Wildman–Crippen LogP) is 3.86. The Morgan fingerprint density at radius 2 is 2.00 bits per heavy atom. The highest BCUT2D eigenvalue weighted by Gasteiger charge is 2.06. The van der Waals surface area contributed by atoms with Crippen molar-refractivity contribution in [2.24, 2.45) is 5.10 Å². The molecule has 1 aromatic heterocycles. The number of aryl methyl sites for hydroxylation is 3. The number of halogens is 1. The normalized spacial score (nSPS) is 10.9. The average molecular weight is 337 g/mol. The second-order valence-electron chi connectivity index (χ2n) is 4.90. The van der Waals surface area contributed by atoms with Crippen molar-refractivity contribution in [1.29, 1.82) is 0 Å². The van der Waals surface area contributed by atoms with Gasteiger partial charge in [-0.1, -0.05) is 11.6 Å². The molecule has 0 bridgehead atoms. The SMILES string of the molecule is Cc1ccc(/C=N/NC(=O)COc2cc(C)c(Cl)c(C)c2)s1. The second-order valence-corrected chi connectivity index (χ2v) is 6.60. The topological polar surface area (TPSA) is 50.7 Å². The predicted molar refractivity (Wildman–Crippen MR) is 91.2 cm³/mol. The summed E-state index contributed by atoms with van der Waals surface area (Å²) in [5.41, 5.74) is 4.28. The van der Waals surface area contributed by atoms with E-state index in [2.05, 4.69) is 10.5 Å². The molecule has 0 fully saturated rings. The van der Waals surface area contributed by atoms with Crippen LogP contribution in [-0.4, -0.2) is 18.7 Å². The summed E-state index contributed by atoms with van der Waals surface area (Å²) in [5, 5.41) is 4.62. The summed E-state index contributed by atoms with van der Waals surface area (Å²) in [6, 6.07) is 7.56. The molecule has 2 rings (SSSR count). The lowest BCUT2D eigenvalue weighted by Gasteiger charge is -2.09. The number of amides is 1. The van der Waals surface area contributed by atoms with Gasteiger partial charge in [0.25, 0.3) is 5.91 Å². The third-order valence-electron chi connectivity index (χ3n) is 2.92. The van der Waals surface area contributed by atoms with Crippen molar-refractivity contribution in [2.75, 3.05) is 6.61 Å². The van der Waals surface area contributed by atoms with Gasteiger partial charge in [-0.2, -0.15) is 5.10 Å². The Morgan fingerprint density at radius 1 is 1.32 bits per heavy atom. The summed E-state index contributed by atoms with van der Waals surface area (Å²) < 4.78 is 5.45. The molecule has 0 saturated carbocycles. The number of thiophene rings is 1. The first kappa shape index (κ1) is 16.5. The third kappa shape index (κ3) is 4.58. The van der Waals surface area contributed by atoms with Crippen LogP contribution in [-0.2, 0) is 4.79 Å². The molecular weight excluding hydrogens is 320 g/mol. The van der Waals surface area contributed by atoms with E-state index in [-0.39, 0.29) is 12.5 Å². The molecule has 6 heteroatoms. The lowest BCUT2D eigenvalue weighted by atomic mass is 10.1. The molecule has 0 spiro atoms. The summed E-state index contributed by atoms with van der Waals surface area (Å²) in [6.07, 6.45) is 1.62. The first-order valence-electron chi connectivity index (χ1n) is 6.73. The van der Waals surface area contributed by atoms with Gasteiger partial charge in [0.1, 0.15) is 5.75 Å². The van der Waals surface area contributed by atoms with E-state index in [0.29, 0.717) is 10.8 Å². The van der Waals surface area contributed by atoms with E-state index in [4.69, 9.17) is 16.3 Å². The van der Waals surface area contributed by atoms with Crippen molar-refractivity contribution in [3.8, 4) is 5.75 Å². The highest BCUT2D eigenvalue weighted by Crippen LogP contribution is 2.25. The van der Waals surface area contributed by atoms with Gasteiger partial charge in [-0.15, -0.1) is 11.3 Å². The quantitative estimate of drug-likeness (QED) is 0.666. The van der Waals surface area contributed by atoms with E-state index in [1.54, 1.807) is 29.7 Å². The van der Waals surface area contributed by atoms with Gasteiger partial charge in [0.05, 0.1) is 6.21 Å². The summed E-state index contributed by atoms with van der Waals surface area (Å²) in [5.74, 6) is 0.308. The highest BCUT2D eigenvalue weighted by molar-refractivity contribution is 7.13. The number of hydrogen-bond acceptors (Lipinski definition) is 4. The molecule has 1 aromatic carbocycles. The maximum atomic E-state index is 11.7. The van der Waals surface area contributed by atoms with Crippen molar-refractivity contribution < 1.29 is 9.53 Å². The largest absolute Gasteiger partial charge is 0.484 e. The molecule has 1 amide bonds. The van der Waals surface area contributed by atoms with Crippen LogP contribution in [0.1, 0.15) is 20.9 Å². The van der Waals surface area contributed by atoms with Crippen molar-refractivity contribution >= 4 is 35.1 Å². The van der Waals surface area contributed by atoms with E-state index < -0.39 is 0 Å². The number of carbonyl (C=O) groups is 1. The van der Waals surface area contributed by atoms with E-state index in [1.807, 2.05) is 32.9 Å². The Bertz CT molecular complexity index is 687. The maximum absolute atomic E-state index is 11.7. The van der Waals surface area contributed by atoms with Crippen LogP contribution >= 0.6 is 22.9 Å². The van der Waals surface area contributed by atoms with Crippen LogP contribution in [0.2, 0.25) is 5.02 Å². The molecule has 1 heterocycles. The van der Waals surface area contributed by atoms with Gasteiger partial charge < -0.3 is 4.74 Å². The minimum absolute atomic E-state index is 0.0959. The molecule has 0 aliphatic heterocycles. The number of carbonyl (C=O) groups excluding carboxylic acids is 1. The Balaban J connectivity index is 1.84. The standard InChI is InChI=1S/C16H17ClN2O2S/c1-10-6-13(7-11(2)16(10)17)21-9-15(20)19-18-8-14-5-4-12(3)22-14/h4-8H,9H2,1-3H3,(H,19,20)/b18-8+. The van der Waals surface area contributed by atoms with Gasteiger partial charge in [0.15, 0.2) is 6.61 Å². The van der Waals surface area contributed by atoms with Crippen LogP contribution in [0.15, 0.2) is 29.4 Å². The first-order valence-corrected chi connectivity index (χ1v) is 7.93. The van der Waals surface area contributed by atoms with Gasteiger partial charge in [-0.25, -0.2) is 5.43 Å². The van der Waals surface area contributed by atoms with Gasteiger partial charge >= 0.3 is 0 Å². The van der Waals surface area contributed by atoms with E-state index in [1.165, 1.54) is 4.88 Å². The van der Waals surface area contributed by atoms with E-state index >= 15 is 0 Å². The van der Waals surface area contributed by atoms with Crippen LogP contribution in [0, 0.1) is 20.8 Å². The number of nitrogens with one attached hydrogen (secondary N) is 1. The van der Waals surface area contributed by atoms with Crippen LogP contribution < -0.4 is 10.2 Å². The van der Waals surface area contributed by atoms with E-state index in [9.17, 15) is 4.79 Å². The zero-order valence-electron chi connectivity index (χ0n) is 12.6. The molecule has 0 saturated heterocycles. The molecule has 0 unspecified atom stereocenters. The number of rotatable bonds is 5. The van der Waals surface area contributed by atoms with Crippen LogP contribution in [0.4, 0.5) is 0 Å². The lowest BCUT2D eigenvalue weighted by molar-refractivity contribution is -0.123. The zero-order valence-corrected chi connectivity index (χ0v) is 14.2. The number of nitrogens with zero attached hydrogens (tertiary/aromatic N) is 1. The minimum atomic E-state index is -0.310. The number of hydrogen-bond donors (Lipinski definition) is 1. The van der Waals surface area contributed by atoms with Crippen LogP contribution in [0.25, 0.3) is 0 Å². The fraction of sp³-hybridized carbons (Fsp3) is 0.250. The molecular formula is C16H17ClN2O2S. The first-order chi connectivity index (χ1) is 10.5. The highest BCUT2D eigenvalue weighted by atomic mass is 35.5. The number of ether oxygens (including phenoxy) is 1. The van der Waals surface area contributed by atoms with Crippen LogP contribution in [0.5, 0.6) is 5.75 Å². The van der Waals surface area contributed by atoms with Crippen molar-refractivity contribution in [3.05, 3.63) is 50.2 Å². The Hall–Kier alpha value is -1.85. The van der Waals surface area contributed by atoms with Crippen molar-refractivity contribution in [3.63, 3.8) is 0 Å². The molecule has 0 radical (unpaired) electrons. The lowest BCUT2D eigenvalue weighted by Crippen LogP contribution is -2.24. The molecule has 22 heavy (non-hydrogen) atoms. The van der Waals surface area contributed by atoms with E-state index in [0.717, 1.165) is 16.0 Å². The molecule has 1 N–H and O–H groups in total. The van der Waals surface area contributed by atoms with Crippen molar-refractivity contribution in [2.45, 2.75) is 20.8 Å². The van der Waals surface area contributed by atoms with Gasteiger partial charge in [-0.3, -0.25) is 4.79 Å². The molecule has 0 aliphatic carbocycles. The molecule has 4 nitrogen and oxygen atoms in total. The summed E-state index contributed by atoms with van der Waals surface area (Å²) >= 11 is 7.70. The molecule has 0 aliphatic rings. The van der Waals surface area contributed by atoms with Crippen molar-refractivity contribution in [1.82, 2.24) is 5.43 Å². The van der Waals surface area contributed by atoms with Gasteiger partial charge in [0.2, 0.25) is 0 Å². The Morgan fingerprint density at radius 3 is 2.59 bits per heavy atom. The summed E-state index contributed by atoms with van der Waals surface area (Å²) in [4.78, 5) is 13.9. The zero-order chi connectivity index (χ0) is 16.1.